The predicted octanol–water partition coefficient (Wildman–Crippen LogP) is 7.65. The van der Waals surface area contributed by atoms with Crippen molar-refractivity contribution < 1.29 is 13.2 Å². The van der Waals surface area contributed by atoms with Crippen LogP contribution < -0.4 is 4.72 Å². The molecule has 2 bridgehead atoms. The molecule has 1 fully saturated rings. The molecule has 1 saturated carbocycles. The van der Waals surface area contributed by atoms with E-state index in [1.165, 1.54) is 22.5 Å². The molecule has 2 aliphatic carbocycles. The number of hydrogen-bond acceptors (Lipinski definition) is 4. The first-order valence-corrected chi connectivity index (χ1v) is 16.6. The van der Waals surface area contributed by atoms with E-state index < -0.39 is 10.0 Å². The highest BCUT2D eigenvalue weighted by atomic mass is 32.2. The number of Topliss-reactive ketones (excluding diaryl/α,β-unsaturated/α-hetero) is 1. The maximum Gasteiger partial charge on any atom is 0.250 e. The van der Waals surface area contributed by atoms with Crippen molar-refractivity contribution in [3.63, 3.8) is 0 Å². The fourth-order valence-electron chi connectivity index (χ4n) is 5.33. The first-order chi connectivity index (χ1) is 18.5. The lowest BCUT2D eigenvalue weighted by molar-refractivity contribution is -0.117. The minimum absolute atomic E-state index is 0.0299. The van der Waals surface area contributed by atoms with Crippen molar-refractivity contribution in [3.8, 4) is 0 Å². The Morgan fingerprint density at radius 2 is 1.39 bits per heavy atom. The molecule has 6 heteroatoms. The summed E-state index contributed by atoms with van der Waals surface area (Å²) in [6, 6.07) is 19.7. The van der Waals surface area contributed by atoms with Gasteiger partial charge in [0.15, 0.2) is 0 Å². The van der Waals surface area contributed by atoms with Gasteiger partial charge in [0.05, 0.1) is 0 Å². The number of thiophene rings is 1. The molecule has 1 N–H and O–H groups in total. The Morgan fingerprint density at radius 3 is 2.00 bits per heavy atom. The average molecular weight is 556 g/mol. The van der Waals surface area contributed by atoms with Crippen molar-refractivity contribution in [2.75, 3.05) is 0 Å². The van der Waals surface area contributed by atoms with Crippen LogP contribution in [0, 0.1) is 11.8 Å². The molecule has 0 spiro atoms. The molecule has 2 aromatic carbocycles. The largest absolute Gasteiger partial charge is 0.299 e. The van der Waals surface area contributed by atoms with Crippen LogP contribution in [0.15, 0.2) is 70.3 Å². The molecule has 38 heavy (non-hydrogen) atoms. The number of carbonyl (C=O) groups excluding carboxylic acids is 1. The second-order valence-corrected chi connectivity index (χ2v) is 12.0. The van der Waals surface area contributed by atoms with E-state index in [-0.39, 0.29) is 11.8 Å². The Kier molecular flexibility index (Phi) is 13.4. The average Bonchev–Trinajstić information content (AvgIpc) is 3.58. The third-order valence-electron chi connectivity index (χ3n) is 6.86. The molecule has 3 atom stereocenters. The number of benzene rings is 2. The zero-order valence-corrected chi connectivity index (χ0v) is 25.5. The van der Waals surface area contributed by atoms with Crippen molar-refractivity contribution in [1.82, 2.24) is 4.72 Å². The topological polar surface area (TPSA) is 63.2 Å². The first kappa shape index (κ1) is 31.9. The third kappa shape index (κ3) is 8.36. The molecule has 0 unspecified atom stereocenters. The molecule has 1 heterocycles. The molecular weight excluding hydrogens is 510 g/mol. The summed E-state index contributed by atoms with van der Waals surface area (Å²) in [5.41, 5.74) is 4.68. The minimum Gasteiger partial charge on any atom is -0.299 e. The van der Waals surface area contributed by atoms with E-state index in [9.17, 15) is 13.2 Å². The van der Waals surface area contributed by atoms with Crippen molar-refractivity contribution in [1.29, 1.82) is 0 Å². The summed E-state index contributed by atoms with van der Waals surface area (Å²) in [5.74, 6) is 0.834. The number of sulfonamides is 1. The summed E-state index contributed by atoms with van der Waals surface area (Å²) >= 11 is 1.26. The van der Waals surface area contributed by atoms with Crippen LogP contribution in [0.25, 0.3) is 0 Å². The van der Waals surface area contributed by atoms with Crippen LogP contribution in [-0.2, 0) is 40.5 Å². The second-order valence-electron chi connectivity index (χ2n) is 9.07. The highest BCUT2D eigenvalue weighted by Gasteiger charge is 2.41. The lowest BCUT2D eigenvalue weighted by Gasteiger charge is -2.23. The predicted molar refractivity (Wildman–Crippen MR) is 161 cm³/mol. The standard InChI is InChI=1S/C26H27NO3S2.3C2H6/c28-24(14-18-5-2-1-3-6-18)15-19-8-9-20-16-21-10-11-22(17-23(20)13-19)26(21)27-32(29,30)25-7-4-12-31-25;3*1-2/h1-9,12-13,21-22,26-27H,10-11,14-17H2;3*1-2H3/t21-,22+,26+;;;/m0.../s1. The van der Waals surface area contributed by atoms with E-state index in [1.807, 2.05) is 71.9 Å². The summed E-state index contributed by atoms with van der Waals surface area (Å²) < 4.78 is 29.1. The molecule has 208 valence electrons. The summed E-state index contributed by atoms with van der Waals surface area (Å²) in [7, 11) is -3.48. The molecule has 1 aromatic heterocycles. The highest BCUT2D eigenvalue weighted by Crippen LogP contribution is 2.41. The van der Waals surface area contributed by atoms with Crippen LogP contribution in [0.3, 0.4) is 0 Å². The van der Waals surface area contributed by atoms with Gasteiger partial charge >= 0.3 is 0 Å². The first-order valence-electron chi connectivity index (χ1n) is 14.2. The molecule has 3 aromatic rings. The van der Waals surface area contributed by atoms with Crippen molar-refractivity contribution in [3.05, 3.63) is 88.3 Å². The number of rotatable bonds is 7. The Bertz CT molecular complexity index is 1200. The fraction of sp³-hybridized carbons (Fsp3) is 0.469. The molecule has 0 amide bonds. The van der Waals surface area contributed by atoms with E-state index in [0.29, 0.717) is 28.9 Å². The van der Waals surface area contributed by atoms with Gasteiger partial charge in [0.1, 0.15) is 9.99 Å². The summed E-state index contributed by atoms with van der Waals surface area (Å²) in [4.78, 5) is 12.6. The summed E-state index contributed by atoms with van der Waals surface area (Å²) in [6.45, 7) is 12.0. The van der Waals surface area contributed by atoms with Crippen LogP contribution in [0.5, 0.6) is 0 Å². The van der Waals surface area contributed by atoms with Gasteiger partial charge in [-0.05, 0) is 71.2 Å². The summed E-state index contributed by atoms with van der Waals surface area (Å²) in [6.07, 6.45) is 4.74. The van der Waals surface area contributed by atoms with Gasteiger partial charge in [-0.3, -0.25) is 4.79 Å². The monoisotopic (exact) mass is 555 g/mol. The van der Waals surface area contributed by atoms with Gasteiger partial charge in [-0.1, -0.05) is 96.1 Å². The number of ketones is 1. The van der Waals surface area contributed by atoms with Crippen molar-refractivity contribution in [2.24, 2.45) is 11.8 Å². The van der Waals surface area contributed by atoms with E-state index in [0.717, 1.165) is 36.8 Å². The molecule has 4 nitrogen and oxygen atoms in total. The van der Waals surface area contributed by atoms with Crippen molar-refractivity contribution >= 4 is 27.1 Å². The van der Waals surface area contributed by atoms with Gasteiger partial charge in [-0.2, -0.15) is 0 Å². The van der Waals surface area contributed by atoms with Gasteiger partial charge in [0.25, 0.3) is 0 Å². The van der Waals surface area contributed by atoms with Gasteiger partial charge in [-0.25, -0.2) is 13.1 Å². The Morgan fingerprint density at radius 1 is 0.789 bits per heavy atom. The van der Waals surface area contributed by atoms with Gasteiger partial charge in [0.2, 0.25) is 10.0 Å². The van der Waals surface area contributed by atoms with Crippen LogP contribution in [0.1, 0.15) is 76.6 Å². The molecule has 2 aliphatic rings. The Balaban J connectivity index is 0.000000791. The Labute approximate surface area is 235 Å². The third-order valence-corrected chi connectivity index (χ3v) is 9.71. The maximum atomic E-state index is 12.9. The van der Waals surface area contributed by atoms with Crippen LogP contribution in [0.2, 0.25) is 0 Å². The number of fused-ring (bicyclic) bond motifs is 3. The number of nitrogens with one attached hydrogen (secondary N) is 1. The highest BCUT2D eigenvalue weighted by molar-refractivity contribution is 7.91. The Hall–Kier alpha value is -2.28. The van der Waals surface area contributed by atoms with E-state index in [4.69, 9.17) is 0 Å². The van der Waals surface area contributed by atoms with Crippen LogP contribution >= 0.6 is 11.3 Å². The quantitative estimate of drug-likeness (QED) is 0.326. The fourth-order valence-corrected chi connectivity index (χ4v) is 7.72. The number of hydrogen-bond donors (Lipinski definition) is 1. The molecular formula is C32H45NO3S2. The normalized spacial score (nSPS) is 19.3. The van der Waals surface area contributed by atoms with Gasteiger partial charge < -0.3 is 0 Å². The lowest BCUT2D eigenvalue weighted by atomic mass is 9.91. The van der Waals surface area contributed by atoms with Gasteiger partial charge in [-0.15, -0.1) is 11.3 Å². The van der Waals surface area contributed by atoms with E-state index in [1.54, 1.807) is 17.5 Å². The smallest absolute Gasteiger partial charge is 0.250 e. The molecule has 5 rings (SSSR count). The lowest BCUT2D eigenvalue weighted by Crippen LogP contribution is -2.41. The van der Waals surface area contributed by atoms with Crippen LogP contribution in [-0.4, -0.2) is 20.2 Å². The SMILES string of the molecule is CC.CC.CC.O=C(Cc1ccccc1)Cc1ccc2c(c1)C[C@H]1CC[C@@H](C2)[C@H]1NS(=O)(=O)c1cccs1. The van der Waals surface area contributed by atoms with E-state index in [2.05, 4.69) is 22.9 Å². The summed E-state index contributed by atoms with van der Waals surface area (Å²) in [5, 5.41) is 1.80. The number of carbonyl (C=O) groups is 1. The van der Waals surface area contributed by atoms with E-state index >= 15 is 0 Å². The van der Waals surface area contributed by atoms with Crippen molar-refractivity contribution in [2.45, 2.75) is 90.3 Å². The molecule has 0 radical (unpaired) electrons. The molecule has 0 aliphatic heterocycles. The second kappa shape index (κ2) is 16.0. The zero-order valence-electron chi connectivity index (χ0n) is 23.9. The zero-order chi connectivity index (χ0) is 28.1. The molecule has 0 saturated heterocycles. The maximum absolute atomic E-state index is 12.9. The van der Waals surface area contributed by atoms with Crippen LogP contribution in [0.4, 0.5) is 0 Å². The minimum atomic E-state index is -3.48. The van der Waals surface area contributed by atoms with Gasteiger partial charge in [0, 0.05) is 18.9 Å².